The van der Waals surface area contributed by atoms with E-state index < -0.39 is 11.2 Å². The minimum Gasteiger partial charge on any atom is -0.480 e. The van der Waals surface area contributed by atoms with Gasteiger partial charge in [0.1, 0.15) is 5.25 Å². The van der Waals surface area contributed by atoms with Crippen LogP contribution in [0.3, 0.4) is 0 Å². The molecule has 4 nitrogen and oxygen atoms in total. The molecule has 0 aromatic heterocycles. The molecule has 0 spiro atoms. The number of amides is 1. The number of carbonyl (C=O) groups is 2. The first-order chi connectivity index (χ1) is 12.1. The second kappa shape index (κ2) is 6.23. The van der Waals surface area contributed by atoms with Gasteiger partial charge in [-0.2, -0.15) is 0 Å². The van der Waals surface area contributed by atoms with E-state index in [2.05, 4.69) is 29.6 Å². The number of aliphatic carboxylic acids is 1. The van der Waals surface area contributed by atoms with E-state index in [1.165, 1.54) is 22.9 Å². The summed E-state index contributed by atoms with van der Waals surface area (Å²) in [6.45, 7) is 1.63. The lowest BCUT2D eigenvalue weighted by Gasteiger charge is -2.13. The van der Waals surface area contributed by atoms with Crippen LogP contribution in [-0.2, 0) is 11.2 Å². The first kappa shape index (κ1) is 16.2. The van der Waals surface area contributed by atoms with Crippen LogP contribution in [0.2, 0.25) is 0 Å². The van der Waals surface area contributed by atoms with Crippen LogP contribution in [0.25, 0.3) is 0 Å². The summed E-state index contributed by atoms with van der Waals surface area (Å²) in [5.74, 6) is -0.0665. The Kier molecular flexibility index (Phi) is 4.04. The molecule has 2 N–H and O–H groups in total. The van der Waals surface area contributed by atoms with E-state index in [1.54, 1.807) is 13.0 Å². The van der Waals surface area contributed by atoms with Crippen molar-refractivity contribution in [2.75, 3.05) is 0 Å². The Morgan fingerprint density at radius 2 is 1.88 bits per heavy atom. The molecule has 5 heteroatoms. The van der Waals surface area contributed by atoms with E-state index >= 15 is 0 Å². The molecule has 2 aliphatic carbocycles. The predicted molar refractivity (Wildman–Crippen MR) is 97.0 cm³/mol. The quantitative estimate of drug-likeness (QED) is 0.809. The molecule has 2 aliphatic rings. The molecule has 1 amide bonds. The van der Waals surface area contributed by atoms with Crippen molar-refractivity contribution in [3.05, 3.63) is 65.2 Å². The van der Waals surface area contributed by atoms with Gasteiger partial charge in [0.15, 0.2) is 0 Å². The highest BCUT2D eigenvalue weighted by Crippen LogP contribution is 2.56. The Balaban J connectivity index is 1.48. The van der Waals surface area contributed by atoms with Gasteiger partial charge in [0.05, 0.1) is 5.56 Å². The minimum atomic E-state index is -0.881. The Labute approximate surface area is 150 Å². The molecular weight excluding hydrogens is 334 g/mol. The van der Waals surface area contributed by atoms with E-state index in [0.29, 0.717) is 22.3 Å². The molecule has 0 aliphatic heterocycles. The Hall–Kier alpha value is -2.27. The average molecular weight is 353 g/mol. The van der Waals surface area contributed by atoms with Crippen molar-refractivity contribution in [2.45, 2.75) is 35.4 Å². The second-order valence-electron chi connectivity index (χ2n) is 6.69. The smallest absolute Gasteiger partial charge is 0.316 e. The number of rotatable bonds is 5. The van der Waals surface area contributed by atoms with Crippen LogP contribution in [0, 0.1) is 5.92 Å². The number of carbonyl (C=O) groups excluding carboxylic acids is 1. The number of thioether (sulfide) groups is 1. The SMILES string of the molecule is CC(Sc1ccccc1C(=O)NC1C2Cc3ccccc3C21)C(=O)O. The molecule has 4 rings (SSSR count). The van der Waals surface area contributed by atoms with E-state index in [-0.39, 0.29) is 11.9 Å². The fraction of sp³-hybridized carbons (Fsp3) is 0.300. The number of nitrogens with one attached hydrogen (secondary N) is 1. The third-order valence-electron chi connectivity index (χ3n) is 5.12. The summed E-state index contributed by atoms with van der Waals surface area (Å²) < 4.78 is 0. The lowest BCUT2D eigenvalue weighted by Crippen LogP contribution is -2.29. The topological polar surface area (TPSA) is 66.4 Å². The summed E-state index contributed by atoms with van der Waals surface area (Å²) in [6, 6.07) is 15.8. The van der Waals surface area contributed by atoms with Crippen molar-refractivity contribution in [1.29, 1.82) is 0 Å². The van der Waals surface area contributed by atoms with Gasteiger partial charge in [-0.1, -0.05) is 36.4 Å². The Bertz CT molecular complexity index is 850. The zero-order valence-corrected chi connectivity index (χ0v) is 14.6. The minimum absolute atomic E-state index is 0.113. The van der Waals surface area contributed by atoms with Gasteiger partial charge in [-0.3, -0.25) is 9.59 Å². The van der Waals surface area contributed by atoms with Crippen molar-refractivity contribution >= 4 is 23.6 Å². The van der Waals surface area contributed by atoms with Gasteiger partial charge in [-0.05, 0) is 42.5 Å². The van der Waals surface area contributed by atoms with E-state index in [0.717, 1.165) is 6.42 Å². The first-order valence-corrected chi connectivity index (χ1v) is 9.31. The molecule has 4 unspecified atom stereocenters. The van der Waals surface area contributed by atoms with E-state index in [9.17, 15) is 9.59 Å². The lowest BCUT2D eigenvalue weighted by atomic mass is 10.0. The van der Waals surface area contributed by atoms with Crippen molar-refractivity contribution < 1.29 is 14.7 Å². The zero-order valence-electron chi connectivity index (χ0n) is 13.8. The summed E-state index contributed by atoms with van der Waals surface area (Å²) in [7, 11) is 0. The summed E-state index contributed by atoms with van der Waals surface area (Å²) in [6.07, 6.45) is 1.03. The van der Waals surface area contributed by atoms with Crippen LogP contribution in [-0.4, -0.2) is 28.3 Å². The fourth-order valence-electron chi connectivity index (χ4n) is 3.77. The molecule has 0 radical (unpaired) electrons. The zero-order chi connectivity index (χ0) is 17.6. The normalized spacial score (nSPS) is 24.1. The van der Waals surface area contributed by atoms with Crippen LogP contribution in [0.4, 0.5) is 0 Å². The number of hydrogen-bond donors (Lipinski definition) is 2. The van der Waals surface area contributed by atoms with Crippen LogP contribution in [0.5, 0.6) is 0 Å². The third-order valence-corrected chi connectivity index (χ3v) is 6.28. The van der Waals surface area contributed by atoms with Crippen LogP contribution >= 0.6 is 11.8 Å². The maximum Gasteiger partial charge on any atom is 0.316 e. The number of hydrogen-bond acceptors (Lipinski definition) is 3. The molecule has 25 heavy (non-hydrogen) atoms. The molecule has 1 saturated carbocycles. The van der Waals surface area contributed by atoms with E-state index in [1.807, 2.05) is 18.2 Å². The Morgan fingerprint density at radius 3 is 2.68 bits per heavy atom. The summed E-state index contributed by atoms with van der Waals surface area (Å²) in [5, 5.41) is 11.7. The molecular formula is C20H19NO3S. The van der Waals surface area contributed by atoms with Gasteiger partial charge in [-0.25, -0.2) is 0 Å². The van der Waals surface area contributed by atoms with Crippen LogP contribution in [0.1, 0.15) is 34.3 Å². The van der Waals surface area contributed by atoms with Gasteiger partial charge in [0.25, 0.3) is 5.91 Å². The third kappa shape index (κ3) is 2.93. The maximum absolute atomic E-state index is 12.7. The average Bonchev–Trinajstić information content (AvgIpc) is 3.11. The molecule has 0 saturated heterocycles. The second-order valence-corrected chi connectivity index (χ2v) is 8.07. The van der Waals surface area contributed by atoms with Crippen molar-refractivity contribution in [3.63, 3.8) is 0 Å². The van der Waals surface area contributed by atoms with E-state index in [4.69, 9.17) is 5.11 Å². The maximum atomic E-state index is 12.7. The highest BCUT2D eigenvalue weighted by Gasteiger charge is 2.56. The molecule has 0 bridgehead atoms. The molecule has 2 aromatic carbocycles. The number of fused-ring (bicyclic) bond motifs is 3. The Morgan fingerprint density at radius 1 is 1.16 bits per heavy atom. The van der Waals surface area contributed by atoms with Gasteiger partial charge >= 0.3 is 5.97 Å². The van der Waals surface area contributed by atoms with Crippen LogP contribution < -0.4 is 5.32 Å². The first-order valence-electron chi connectivity index (χ1n) is 8.43. The van der Waals surface area contributed by atoms with Crippen molar-refractivity contribution in [2.24, 2.45) is 5.92 Å². The molecule has 2 aromatic rings. The van der Waals surface area contributed by atoms with Gasteiger partial charge in [0, 0.05) is 16.9 Å². The predicted octanol–water partition coefficient (Wildman–Crippen LogP) is 3.32. The lowest BCUT2D eigenvalue weighted by molar-refractivity contribution is -0.136. The molecule has 4 atom stereocenters. The number of benzene rings is 2. The van der Waals surface area contributed by atoms with Crippen molar-refractivity contribution in [3.8, 4) is 0 Å². The highest BCUT2D eigenvalue weighted by atomic mass is 32.2. The highest BCUT2D eigenvalue weighted by molar-refractivity contribution is 8.00. The standard InChI is InChI=1S/C20H19NO3S/c1-11(20(23)24)25-16-9-5-4-8-14(16)19(22)21-18-15-10-12-6-2-3-7-13(12)17(15)18/h2-9,11,15,17-18H,10H2,1H3,(H,21,22)(H,23,24). The molecule has 128 valence electrons. The summed E-state index contributed by atoms with van der Waals surface area (Å²) >= 11 is 1.20. The monoisotopic (exact) mass is 353 g/mol. The fourth-order valence-corrected chi connectivity index (χ4v) is 4.70. The van der Waals surface area contributed by atoms with Gasteiger partial charge in [-0.15, -0.1) is 11.8 Å². The van der Waals surface area contributed by atoms with Crippen molar-refractivity contribution in [1.82, 2.24) is 5.32 Å². The largest absolute Gasteiger partial charge is 0.480 e. The summed E-state index contributed by atoms with van der Waals surface area (Å²) in [4.78, 5) is 24.5. The van der Waals surface area contributed by atoms with Gasteiger partial charge < -0.3 is 10.4 Å². The van der Waals surface area contributed by atoms with Crippen LogP contribution in [0.15, 0.2) is 53.4 Å². The summed E-state index contributed by atoms with van der Waals surface area (Å²) in [5.41, 5.74) is 3.31. The number of carboxylic acid groups (broad SMARTS) is 1. The van der Waals surface area contributed by atoms with Gasteiger partial charge in [0.2, 0.25) is 0 Å². The molecule has 1 fully saturated rings. The number of carboxylic acids is 1. The molecule has 0 heterocycles.